The molecule has 0 aliphatic carbocycles. The Morgan fingerprint density at radius 2 is 2.00 bits per heavy atom. The molecule has 120 valence electrons. The number of benzene rings is 1. The van der Waals surface area contributed by atoms with Gasteiger partial charge in [-0.05, 0) is 39.2 Å². The van der Waals surface area contributed by atoms with Crippen LogP contribution in [0.3, 0.4) is 0 Å². The summed E-state index contributed by atoms with van der Waals surface area (Å²) in [6, 6.07) is 9.87. The predicted molar refractivity (Wildman–Crippen MR) is 92.2 cm³/mol. The zero-order valence-electron chi connectivity index (χ0n) is 13.4. The fourth-order valence-corrected chi connectivity index (χ4v) is 2.25. The maximum absolute atomic E-state index is 4.53. The summed E-state index contributed by atoms with van der Waals surface area (Å²) in [5.74, 6) is 1.31. The van der Waals surface area contributed by atoms with Gasteiger partial charge in [0.15, 0.2) is 11.5 Å². The average Bonchev–Trinajstić information content (AvgIpc) is 2.95. The van der Waals surface area contributed by atoms with Gasteiger partial charge >= 0.3 is 0 Å². The third-order valence-electron chi connectivity index (χ3n) is 3.36. The molecule has 0 spiro atoms. The molecule has 7 nitrogen and oxygen atoms in total. The van der Waals surface area contributed by atoms with Crippen LogP contribution in [-0.4, -0.2) is 51.7 Å². The van der Waals surface area contributed by atoms with Crippen LogP contribution < -0.4 is 10.6 Å². The summed E-state index contributed by atoms with van der Waals surface area (Å²) in [5, 5.41) is 11.0. The molecule has 0 bridgehead atoms. The second-order valence-electron chi connectivity index (χ2n) is 5.55. The molecule has 0 aliphatic heterocycles. The normalized spacial score (nSPS) is 11.1. The zero-order valence-corrected chi connectivity index (χ0v) is 13.4. The number of nitrogens with zero attached hydrogens (tertiary/aromatic N) is 5. The Balaban J connectivity index is 1.73. The van der Waals surface area contributed by atoms with E-state index in [2.05, 4.69) is 44.7 Å². The highest BCUT2D eigenvalue weighted by Crippen LogP contribution is 2.16. The molecule has 0 unspecified atom stereocenters. The lowest BCUT2D eigenvalue weighted by atomic mass is 10.3. The van der Waals surface area contributed by atoms with E-state index >= 15 is 0 Å². The van der Waals surface area contributed by atoms with Gasteiger partial charge in [-0.2, -0.15) is 4.98 Å². The molecule has 0 atom stereocenters. The lowest BCUT2D eigenvalue weighted by molar-refractivity contribution is 0.405. The quantitative estimate of drug-likeness (QED) is 0.652. The second-order valence-corrected chi connectivity index (χ2v) is 5.55. The Labute approximate surface area is 135 Å². The molecular weight excluding hydrogens is 290 g/mol. The number of hydrogen-bond acceptors (Lipinski definition) is 6. The van der Waals surface area contributed by atoms with E-state index in [9.17, 15) is 0 Å². The maximum atomic E-state index is 4.53. The van der Waals surface area contributed by atoms with Crippen molar-refractivity contribution in [1.82, 2.24) is 24.5 Å². The van der Waals surface area contributed by atoms with Crippen LogP contribution >= 0.6 is 0 Å². The van der Waals surface area contributed by atoms with Gasteiger partial charge in [0.2, 0.25) is 5.95 Å². The fourth-order valence-electron chi connectivity index (χ4n) is 2.25. The Bertz CT molecular complexity index is 751. The topological polar surface area (TPSA) is 70.4 Å². The number of hydrogen-bond donors (Lipinski definition) is 2. The summed E-state index contributed by atoms with van der Waals surface area (Å²) in [4.78, 5) is 11.1. The molecule has 23 heavy (non-hydrogen) atoms. The van der Waals surface area contributed by atoms with Gasteiger partial charge < -0.3 is 15.5 Å². The number of aromatic nitrogens is 4. The first-order chi connectivity index (χ1) is 11.2. The van der Waals surface area contributed by atoms with E-state index < -0.39 is 0 Å². The van der Waals surface area contributed by atoms with Crippen molar-refractivity contribution in [2.75, 3.05) is 37.8 Å². The van der Waals surface area contributed by atoms with Crippen LogP contribution in [0, 0.1) is 0 Å². The minimum atomic E-state index is 0.556. The molecule has 2 heterocycles. The van der Waals surface area contributed by atoms with Crippen LogP contribution in [0.5, 0.6) is 0 Å². The molecular formula is C16H21N7. The predicted octanol–water partition coefficient (Wildman–Crippen LogP) is 2.23. The van der Waals surface area contributed by atoms with Crippen LogP contribution in [0.4, 0.5) is 17.5 Å². The van der Waals surface area contributed by atoms with Gasteiger partial charge in [0, 0.05) is 24.6 Å². The van der Waals surface area contributed by atoms with Crippen molar-refractivity contribution in [2.24, 2.45) is 0 Å². The number of anilines is 3. The molecule has 0 saturated heterocycles. The van der Waals surface area contributed by atoms with Gasteiger partial charge in [-0.1, -0.05) is 18.2 Å². The standard InChI is InChI=1S/C16H21N7/c1-22(2)11-6-9-17-14-15-20-16(21-23(15)12-10-18-14)19-13-7-4-3-5-8-13/h3-5,7-8,10,12H,6,9,11H2,1-2H3,(H,17,18)(H,19,21). The van der Waals surface area contributed by atoms with Gasteiger partial charge in [0.25, 0.3) is 0 Å². The highest BCUT2D eigenvalue weighted by molar-refractivity contribution is 5.65. The third-order valence-corrected chi connectivity index (χ3v) is 3.36. The van der Waals surface area contributed by atoms with Gasteiger partial charge in [-0.25, -0.2) is 9.50 Å². The van der Waals surface area contributed by atoms with Crippen LogP contribution in [-0.2, 0) is 0 Å². The van der Waals surface area contributed by atoms with E-state index in [4.69, 9.17) is 0 Å². The van der Waals surface area contributed by atoms with Crippen molar-refractivity contribution < 1.29 is 0 Å². The lowest BCUT2D eigenvalue weighted by Gasteiger charge is -2.10. The van der Waals surface area contributed by atoms with E-state index in [1.54, 1.807) is 16.9 Å². The lowest BCUT2D eigenvalue weighted by Crippen LogP contribution is -2.16. The molecule has 0 saturated carbocycles. The second kappa shape index (κ2) is 7.06. The number of fused-ring (bicyclic) bond motifs is 1. The van der Waals surface area contributed by atoms with Crippen LogP contribution in [0.2, 0.25) is 0 Å². The molecule has 0 aliphatic rings. The van der Waals surface area contributed by atoms with Crippen molar-refractivity contribution in [3.8, 4) is 0 Å². The van der Waals surface area contributed by atoms with E-state index in [0.717, 1.165) is 36.7 Å². The molecule has 3 aromatic rings. The first kappa shape index (κ1) is 15.2. The number of rotatable bonds is 7. The van der Waals surface area contributed by atoms with Crippen LogP contribution in [0.15, 0.2) is 42.7 Å². The van der Waals surface area contributed by atoms with Crippen molar-refractivity contribution in [1.29, 1.82) is 0 Å². The molecule has 7 heteroatoms. The Morgan fingerprint density at radius 3 is 2.78 bits per heavy atom. The number of nitrogens with one attached hydrogen (secondary N) is 2. The Hall–Kier alpha value is -2.67. The van der Waals surface area contributed by atoms with Crippen molar-refractivity contribution >= 4 is 23.1 Å². The van der Waals surface area contributed by atoms with Crippen molar-refractivity contribution in [2.45, 2.75) is 6.42 Å². The largest absolute Gasteiger partial charge is 0.367 e. The molecule has 3 rings (SSSR count). The van der Waals surface area contributed by atoms with Gasteiger partial charge in [0.1, 0.15) is 0 Å². The van der Waals surface area contributed by atoms with Crippen LogP contribution in [0.1, 0.15) is 6.42 Å². The Kier molecular flexibility index (Phi) is 4.68. The van der Waals surface area contributed by atoms with E-state index in [-0.39, 0.29) is 0 Å². The van der Waals surface area contributed by atoms with E-state index in [1.807, 2.05) is 30.3 Å². The molecule has 1 aromatic carbocycles. The smallest absolute Gasteiger partial charge is 0.247 e. The fraction of sp³-hybridized carbons (Fsp3) is 0.312. The number of para-hydroxylation sites is 1. The third kappa shape index (κ3) is 3.95. The summed E-state index contributed by atoms with van der Waals surface area (Å²) in [7, 11) is 4.14. The monoisotopic (exact) mass is 311 g/mol. The highest BCUT2D eigenvalue weighted by atomic mass is 15.4. The molecule has 2 N–H and O–H groups in total. The van der Waals surface area contributed by atoms with Crippen molar-refractivity contribution in [3.05, 3.63) is 42.7 Å². The zero-order chi connectivity index (χ0) is 16.1. The Morgan fingerprint density at radius 1 is 1.17 bits per heavy atom. The van der Waals surface area contributed by atoms with E-state index in [0.29, 0.717) is 5.95 Å². The summed E-state index contributed by atoms with van der Waals surface area (Å²) in [5.41, 5.74) is 1.67. The SMILES string of the molecule is CN(C)CCCNc1nccn2nc(Nc3ccccc3)nc12. The highest BCUT2D eigenvalue weighted by Gasteiger charge is 2.09. The van der Waals surface area contributed by atoms with Gasteiger partial charge in [-0.3, -0.25) is 0 Å². The van der Waals surface area contributed by atoms with Gasteiger partial charge in [0.05, 0.1) is 0 Å². The average molecular weight is 311 g/mol. The summed E-state index contributed by atoms with van der Waals surface area (Å²) >= 11 is 0. The minimum Gasteiger partial charge on any atom is -0.367 e. The summed E-state index contributed by atoms with van der Waals surface area (Å²) in [6.07, 6.45) is 4.56. The summed E-state index contributed by atoms with van der Waals surface area (Å²) in [6.45, 7) is 1.88. The van der Waals surface area contributed by atoms with E-state index in [1.165, 1.54) is 0 Å². The van der Waals surface area contributed by atoms with Crippen molar-refractivity contribution in [3.63, 3.8) is 0 Å². The minimum absolute atomic E-state index is 0.556. The molecule has 2 aromatic heterocycles. The first-order valence-corrected chi connectivity index (χ1v) is 7.64. The molecule has 0 amide bonds. The molecule has 0 fully saturated rings. The summed E-state index contributed by atoms with van der Waals surface area (Å²) < 4.78 is 1.73. The first-order valence-electron chi connectivity index (χ1n) is 7.64. The van der Waals surface area contributed by atoms with Gasteiger partial charge in [-0.15, -0.1) is 5.10 Å². The molecule has 0 radical (unpaired) electrons. The van der Waals surface area contributed by atoms with Crippen LogP contribution in [0.25, 0.3) is 5.65 Å². The maximum Gasteiger partial charge on any atom is 0.247 e.